The Balaban J connectivity index is 1.78. The summed E-state index contributed by atoms with van der Waals surface area (Å²) in [7, 11) is 0. The third kappa shape index (κ3) is 5.60. The molecule has 0 unspecified atom stereocenters. The minimum Gasteiger partial charge on any atom is -0.507 e. The van der Waals surface area contributed by atoms with E-state index in [0.29, 0.717) is 25.1 Å². The maximum atomic E-state index is 11.9. The zero-order valence-corrected chi connectivity index (χ0v) is 14.6. The number of ketones is 1. The molecule has 0 spiro atoms. The van der Waals surface area contributed by atoms with Gasteiger partial charge in [0.05, 0.1) is 13.1 Å². The SMILES string of the molecule is CC(CC(=O)C1=CC=CC1)=NCCN=Cc1cc(Br)ccc1O. The van der Waals surface area contributed by atoms with Crippen LogP contribution in [0.25, 0.3) is 0 Å². The van der Waals surface area contributed by atoms with E-state index in [1.54, 1.807) is 24.4 Å². The third-order valence-corrected chi connectivity index (χ3v) is 3.87. The van der Waals surface area contributed by atoms with Crippen molar-refractivity contribution in [1.82, 2.24) is 0 Å². The maximum Gasteiger partial charge on any atom is 0.164 e. The van der Waals surface area contributed by atoms with E-state index in [0.717, 1.165) is 22.2 Å². The molecule has 1 aromatic rings. The van der Waals surface area contributed by atoms with Crippen molar-refractivity contribution in [2.24, 2.45) is 9.98 Å². The number of phenols is 1. The molecular formula is C18H19BrN2O2. The quantitative estimate of drug-likeness (QED) is 0.581. The number of halogens is 1. The number of allylic oxidation sites excluding steroid dienone is 4. The minimum absolute atomic E-state index is 0.138. The van der Waals surface area contributed by atoms with Gasteiger partial charge < -0.3 is 5.11 Å². The van der Waals surface area contributed by atoms with E-state index in [1.165, 1.54) is 0 Å². The van der Waals surface area contributed by atoms with Gasteiger partial charge in [-0.05, 0) is 37.1 Å². The van der Waals surface area contributed by atoms with Crippen molar-refractivity contribution >= 4 is 33.6 Å². The molecule has 1 aromatic carbocycles. The second-order valence-corrected chi connectivity index (χ2v) is 6.20. The van der Waals surface area contributed by atoms with Crippen molar-refractivity contribution < 1.29 is 9.90 Å². The number of hydrogen-bond donors (Lipinski definition) is 1. The van der Waals surface area contributed by atoms with Gasteiger partial charge in [-0.2, -0.15) is 0 Å². The van der Waals surface area contributed by atoms with Gasteiger partial charge in [-0.3, -0.25) is 14.8 Å². The molecule has 120 valence electrons. The summed E-state index contributed by atoms with van der Waals surface area (Å²) < 4.78 is 0.889. The highest BCUT2D eigenvalue weighted by molar-refractivity contribution is 9.10. The lowest BCUT2D eigenvalue weighted by atomic mass is 10.1. The van der Waals surface area contributed by atoms with Crippen molar-refractivity contribution in [2.75, 3.05) is 13.1 Å². The molecule has 0 aliphatic heterocycles. The van der Waals surface area contributed by atoms with Crippen LogP contribution >= 0.6 is 15.9 Å². The van der Waals surface area contributed by atoms with Gasteiger partial charge in [-0.25, -0.2) is 0 Å². The average molecular weight is 375 g/mol. The number of aliphatic imine (C=N–C) groups is 2. The fraction of sp³-hybridized carbons (Fsp3) is 0.278. The van der Waals surface area contributed by atoms with Crippen LogP contribution in [0.2, 0.25) is 0 Å². The van der Waals surface area contributed by atoms with E-state index in [4.69, 9.17) is 0 Å². The normalized spacial score (nSPS) is 14.5. The molecule has 0 heterocycles. The Hall–Kier alpha value is -2.01. The van der Waals surface area contributed by atoms with Crippen molar-refractivity contribution in [3.8, 4) is 5.75 Å². The summed E-state index contributed by atoms with van der Waals surface area (Å²) in [4.78, 5) is 20.6. The number of rotatable bonds is 7. The molecule has 4 nitrogen and oxygen atoms in total. The fourth-order valence-corrected chi connectivity index (χ4v) is 2.52. The predicted octanol–water partition coefficient (Wildman–Crippen LogP) is 3.88. The molecule has 1 aliphatic carbocycles. The lowest BCUT2D eigenvalue weighted by Gasteiger charge is -2.01. The lowest BCUT2D eigenvalue weighted by Crippen LogP contribution is -2.07. The Bertz CT molecular complexity index is 703. The number of phenolic OH excluding ortho intramolecular Hbond substituents is 1. The fourth-order valence-electron chi connectivity index (χ4n) is 2.15. The summed E-state index contributed by atoms with van der Waals surface area (Å²) in [5, 5.41) is 9.70. The number of benzene rings is 1. The Labute approximate surface area is 144 Å². The van der Waals surface area contributed by atoms with Crippen LogP contribution in [0.5, 0.6) is 5.75 Å². The topological polar surface area (TPSA) is 62.0 Å². The first-order valence-electron chi connectivity index (χ1n) is 7.43. The van der Waals surface area contributed by atoms with Crippen LogP contribution in [-0.4, -0.2) is 35.9 Å². The first-order chi connectivity index (χ1) is 11.1. The van der Waals surface area contributed by atoms with E-state index in [1.807, 2.05) is 25.2 Å². The summed E-state index contributed by atoms with van der Waals surface area (Å²) in [6.07, 6.45) is 8.48. The summed E-state index contributed by atoms with van der Waals surface area (Å²) in [6.45, 7) is 2.91. The summed E-state index contributed by atoms with van der Waals surface area (Å²) in [5.74, 6) is 0.333. The van der Waals surface area contributed by atoms with Crippen LogP contribution in [0.4, 0.5) is 0 Å². The van der Waals surface area contributed by atoms with Gasteiger partial charge in [0.2, 0.25) is 0 Å². The molecule has 0 aromatic heterocycles. The first-order valence-corrected chi connectivity index (χ1v) is 8.22. The number of carbonyl (C=O) groups excluding carboxylic acids is 1. The van der Waals surface area contributed by atoms with E-state index in [2.05, 4.69) is 25.9 Å². The Morgan fingerprint density at radius 2 is 2.22 bits per heavy atom. The molecule has 5 heteroatoms. The number of carbonyl (C=O) groups is 1. The second-order valence-electron chi connectivity index (χ2n) is 5.28. The Morgan fingerprint density at radius 3 is 2.96 bits per heavy atom. The third-order valence-electron chi connectivity index (χ3n) is 3.38. The zero-order chi connectivity index (χ0) is 16.7. The van der Waals surface area contributed by atoms with Crippen molar-refractivity contribution in [3.63, 3.8) is 0 Å². The molecule has 23 heavy (non-hydrogen) atoms. The molecule has 2 rings (SSSR count). The molecule has 0 atom stereocenters. The van der Waals surface area contributed by atoms with Crippen LogP contribution in [-0.2, 0) is 4.79 Å². The van der Waals surface area contributed by atoms with Gasteiger partial charge in [-0.15, -0.1) is 0 Å². The van der Waals surface area contributed by atoms with Gasteiger partial charge in [0.25, 0.3) is 0 Å². The van der Waals surface area contributed by atoms with Crippen LogP contribution in [0, 0.1) is 0 Å². The highest BCUT2D eigenvalue weighted by Crippen LogP contribution is 2.20. The van der Waals surface area contributed by atoms with E-state index >= 15 is 0 Å². The standard InChI is InChI=1S/C18H19BrN2O2/c1-13(10-18(23)14-4-2-3-5-14)21-9-8-20-12-15-11-16(19)6-7-17(15)22/h2-4,6-7,11-12,22H,5,8-10H2,1H3. The molecule has 0 saturated heterocycles. The van der Waals surface area contributed by atoms with Gasteiger partial charge in [0, 0.05) is 28.4 Å². The lowest BCUT2D eigenvalue weighted by molar-refractivity contribution is -0.114. The highest BCUT2D eigenvalue weighted by atomic mass is 79.9. The Kier molecular flexibility index (Phi) is 6.47. The van der Waals surface area contributed by atoms with E-state index in [9.17, 15) is 9.90 Å². The largest absolute Gasteiger partial charge is 0.507 e. The maximum absolute atomic E-state index is 11.9. The van der Waals surface area contributed by atoms with Crippen LogP contribution < -0.4 is 0 Å². The monoisotopic (exact) mass is 374 g/mol. The first kappa shape index (κ1) is 17.3. The van der Waals surface area contributed by atoms with Crippen LogP contribution in [0.3, 0.4) is 0 Å². The van der Waals surface area contributed by atoms with E-state index in [-0.39, 0.29) is 11.5 Å². The molecule has 1 aliphatic rings. The second kappa shape index (κ2) is 8.58. The molecule has 0 saturated carbocycles. The number of aromatic hydroxyl groups is 1. The molecule has 0 fully saturated rings. The minimum atomic E-state index is 0.138. The van der Waals surface area contributed by atoms with E-state index < -0.39 is 0 Å². The molecule has 0 radical (unpaired) electrons. The Morgan fingerprint density at radius 1 is 1.39 bits per heavy atom. The summed E-state index contributed by atoms with van der Waals surface area (Å²) in [5.41, 5.74) is 2.34. The van der Waals surface area contributed by atoms with Crippen molar-refractivity contribution in [2.45, 2.75) is 19.8 Å². The van der Waals surface area contributed by atoms with Gasteiger partial charge in [0.1, 0.15) is 5.75 Å². The summed E-state index contributed by atoms with van der Waals surface area (Å²) in [6, 6.07) is 5.19. The number of nitrogens with zero attached hydrogens (tertiary/aromatic N) is 2. The molecule has 1 N–H and O–H groups in total. The molecule has 0 bridgehead atoms. The van der Waals surface area contributed by atoms with Crippen LogP contribution in [0.1, 0.15) is 25.3 Å². The van der Waals surface area contributed by atoms with Crippen molar-refractivity contribution in [3.05, 3.63) is 52.0 Å². The smallest absolute Gasteiger partial charge is 0.164 e. The van der Waals surface area contributed by atoms with Gasteiger partial charge in [0.15, 0.2) is 5.78 Å². The highest BCUT2D eigenvalue weighted by Gasteiger charge is 2.10. The number of Topliss-reactive ketones (excluding diaryl/α,β-unsaturated/α-hetero) is 1. The number of hydrogen-bond acceptors (Lipinski definition) is 4. The van der Waals surface area contributed by atoms with Crippen molar-refractivity contribution in [1.29, 1.82) is 0 Å². The average Bonchev–Trinajstić information content (AvgIpc) is 3.04. The summed E-state index contributed by atoms with van der Waals surface area (Å²) >= 11 is 3.35. The zero-order valence-electron chi connectivity index (χ0n) is 13.0. The predicted molar refractivity (Wildman–Crippen MR) is 97.7 cm³/mol. The van der Waals surface area contributed by atoms with Crippen LogP contribution in [0.15, 0.2) is 56.5 Å². The van der Waals surface area contributed by atoms with Gasteiger partial charge >= 0.3 is 0 Å². The van der Waals surface area contributed by atoms with Gasteiger partial charge in [-0.1, -0.05) is 34.2 Å². The molecular weight excluding hydrogens is 356 g/mol. The molecule has 0 amide bonds.